The Morgan fingerprint density at radius 1 is 1.18 bits per heavy atom. The van der Waals surface area contributed by atoms with Gasteiger partial charge in [-0.3, -0.25) is 0 Å². The second-order valence-electron chi connectivity index (χ2n) is 5.71. The van der Waals surface area contributed by atoms with Crippen LogP contribution in [0.4, 0.5) is 0 Å². The van der Waals surface area contributed by atoms with E-state index in [4.69, 9.17) is 0 Å². The largest absolute Gasteiger partial charge is 0.316 e. The summed E-state index contributed by atoms with van der Waals surface area (Å²) in [5.74, 6) is 1.81. The summed E-state index contributed by atoms with van der Waals surface area (Å²) >= 11 is 0. The molecule has 1 aliphatic heterocycles. The summed E-state index contributed by atoms with van der Waals surface area (Å²) in [6.45, 7) is 13.4. The third kappa shape index (κ3) is 5.87. The average Bonchev–Trinajstić information content (AvgIpc) is 2.37. The normalized spacial score (nSPS) is 22.9. The molecule has 2 atom stereocenters. The SMILES string of the molecule is CCCN(CCC)CCC(C)C1CCCNC1. The lowest BCUT2D eigenvalue weighted by Gasteiger charge is -2.30. The number of hydrogen-bond acceptors (Lipinski definition) is 2. The van der Waals surface area contributed by atoms with E-state index >= 15 is 0 Å². The van der Waals surface area contributed by atoms with Crippen molar-refractivity contribution in [2.75, 3.05) is 32.7 Å². The minimum atomic E-state index is 0.888. The van der Waals surface area contributed by atoms with E-state index in [1.165, 1.54) is 64.8 Å². The summed E-state index contributed by atoms with van der Waals surface area (Å²) in [6, 6.07) is 0. The molecule has 1 N–H and O–H groups in total. The van der Waals surface area contributed by atoms with Gasteiger partial charge in [0.05, 0.1) is 0 Å². The van der Waals surface area contributed by atoms with Crippen molar-refractivity contribution >= 4 is 0 Å². The predicted molar refractivity (Wildman–Crippen MR) is 76.4 cm³/mol. The number of nitrogens with one attached hydrogen (secondary N) is 1. The fraction of sp³-hybridized carbons (Fsp3) is 1.00. The molecule has 0 bridgehead atoms. The quantitative estimate of drug-likeness (QED) is 0.701. The van der Waals surface area contributed by atoms with Gasteiger partial charge in [0, 0.05) is 0 Å². The minimum absolute atomic E-state index is 0.888. The van der Waals surface area contributed by atoms with E-state index in [9.17, 15) is 0 Å². The molecule has 1 saturated heterocycles. The van der Waals surface area contributed by atoms with Gasteiger partial charge < -0.3 is 10.2 Å². The lowest BCUT2D eigenvalue weighted by atomic mass is 9.85. The molecule has 2 unspecified atom stereocenters. The van der Waals surface area contributed by atoms with Gasteiger partial charge in [-0.05, 0) is 76.7 Å². The maximum absolute atomic E-state index is 3.54. The van der Waals surface area contributed by atoms with Crippen LogP contribution in [0.1, 0.15) is 52.9 Å². The van der Waals surface area contributed by atoms with Crippen molar-refractivity contribution in [3.05, 3.63) is 0 Å². The molecule has 2 heteroatoms. The second-order valence-corrected chi connectivity index (χ2v) is 5.71. The Bertz CT molecular complexity index is 170. The highest BCUT2D eigenvalue weighted by atomic mass is 15.1. The first-order valence-electron chi connectivity index (χ1n) is 7.71. The predicted octanol–water partition coefficient (Wildman–Crippen LogP) is 3.13. The van der Waals surface area contributed by atoms with Crippen molar-refractivity contribution in [1.82, 2.24) is 10.2 Å². The standard InChI is InChI=1S/C15H32N2/c1-4-10-17(11-5-2)12-8-14(3)15-7-6-9-16-13-15/h14-16H,4-13H2,1-3H3. The van der Waals surface area contributed by atoms with Gasteiger partial charge in [0.15, 0.2) is 0 Å². The zero-order valence-electron chi connectivity index (χ0n) is 12.2. The zero-order chi connectivity index (χ0) is 12.5. The second kappa shape index (κ2) is 8.93. The summed E-state index contributed by atoms with van der Waals surface area (Å²) in [5, 5.41) is 3.54. The van der Waals surface area contributed by atoms with E-state index < -0.39 is 0 Å². The zero-order valence-corrected chi connectivity index (χ0v) is 12.2. The van der Waals surface area contributed by atoms with Gasteiger partial charge in [0.25, 0.3) is 0 Å². The van der Waals surface area contributed by atoms with Crippen LogP contribution in [0.2, 0.25) is 0 Å². The molecule has 102 valence electrons. The molecule has 0 radical (unpaired) electrons. The highest BCUT2D eigenvalue weighted by Crippen LogP contribution is 2.22. The molecule has 0 amide bonds. The Labute approximate surface area is 108 Å². The summed E-state index contributed by atoms with van der Waals surface area (Å²) in [5.41, 5.74) is 0. The average molecular weight is 240 g/mol. The van der Waals surface area contributed by atoms with Gasteiger partial charge in [-0.15, -0.1) is 0 Å². The van der Waals surface area contributed by atoms with E-state index in [1.807, 2.05) is 0 Å². The fourth-order valence-electron chi connectivity index (χ4n) is 2.95. The molecular formula is C15H32N2. The smallest absolute Gasteiger partial charge is 0.00161 e. The first-order valence-corrected chi connectivity index (χ1v) is 7.71. The van der Waals surface area contributed by atoms with Crippen LogP contribution in [0.15, 0.2) is 0 Å². The summed E-state index contributed by atoms with van der Waals surface area (Å²) in [6.07, 6.45) is 6.78. The molecule has 0 saturated carbocycles. The van der Waals surface area contributed by atoms with Crippen molar-refractivity contribution in [2.24, 2.45) is 11.8 Å². The molecule has 17 heavy (non-hydrogen) atoms. The van der Waals surface area contributed by atoms with Gasteiger partial charge >= 0.3 is 0 Å². The van der Waals surface area contributed by atoms with Gasteiger partial charge in [-0.1, -0.05) is 20.8 Å². The minimum Gasteiger partial charge on any atom is -0.316 e. The first kappa shape index (κ1) is 15.0. The topological polar surface area (TPSA) is 15.3 Å². The Morgan fingerprint density at radius 3 is 2.41 bits per heavy atom. The van der Waals surface area contributed by atoms with Crippen LogP contribution >= 0.6 is 0 Å². The van der Waals surface area contributed by atoms with E-state index in [-0.39, 0.29) is 0 Å². The molecule has 1 heterocycles. The monoisotopic (exact) mass is 240 g/mol. The molecule has 0 aromatic carbocycles. The lowest BCUT2D eigenvalue weighted by molar-refractivity contribution is 0.212. The van der Waals surface area contributed by atoms with E-state index in [0.29, 0.717) is 0 Å². The molecule has 1 aliphatic rings. The van der Waals surface area contributed by atoms with Crippen LogP contribution in [0.3, 0.4) is 0 Å². The van der Waals surface area contributed by atoms with Gasteiger partial charge in [0.1, 0.15) is 0 Å². The Balaban J connectivity index is 2.21. The molecule has 0 aliphatic carbocycles. The van der Waals surface area contributed by atoms with Gasteiger partial charge in [0.2, 0.25) is 0 Å². The molecule has 1 fully saturated rings. The van der Waals surface area contributed by atoms with Crippen LogP contribution < -0.4 is 5.32 Å². The molecule has 0 aromatic heterocycles. The third-order valence-corrected chi connectivity index (χ3v) is 4.12. The summed E-state index contributed by atoms with van der Waals surface area (Å²) in [4.78, 5) is 2.65. The Kier molecular flexibility index (Phi) is 7.87. The molecule has 2 nitrogen and oxygen atoms in total. The Morgan fingerprint density at radius 2 is 1.88 bits per heavy atom. The molecule has 1 rings (SSSR count). The third-order valence-electron chi connectivity index (χ3n) is 4.12. The highest BCUT2D eigenvalue weighted by Gasteiger charge is 2.20. The van der Waals surface area contributed by atoms with E-state index in [0.717, 1.165) is 11.8 Å². The summed E-state index contributed by atoms with van der Waals surface area (Å²) < 4.78 is 0. The van der Waals surface area contributed by atoms with Crippen molar-refractivity contribution in [2.45, 2.75) is 52.9 Å². The maximum atomic E-state index is 3.54. The summed E-state index contributed by atoms with van der Waals surface area (Å²) in [7, 11) is 0. The fourth-order valence-corrected chi connectivity index (χ4v) is 2.95. The molecule has 0 aromatic rings. The molecular weight excluding hydrogens is 208 g/mol. The number of piperidine rings is 1. The van der Waals surface area contributed by atoms with Crippen molar-refractivity contribution in [3.8, 4) is 0 Å². The van der Waals surface area contributed by atoms with Crippen LogP contribution in [0, 0.1) is 11.8 Å². The van der Waals surface area contributed by atoms with Crippen LogP contribution in [-0.2, 0) is 0 Å². The van der Waals surface area contributed by atoms with E-state index in [1.54, 1.807) is 0 Å². The van der Waals surface area contributed by atoms with Crippen molar-refractivity contribution < 1.29 is 0 Å². The lowest BCUT2D eigenvalue weighted by Crippen LogP contribution is -2.35. The maximum Gasteiger partial charge on any atom is -0.00161 e. The highest BCUT2D eigenvalue weighted by molar-refractivity contribution is 4.74. The van der Waals surface area contributed by atoms with E-state index in [2.05, 4.69) is 31.0 Å². The van der Waals surface area contributed by atoms with Crippen LogP contribution in [-0.4, -0.2) is 37.6 Å². The molecule has 0 spiro atoms. The first-order chi connectivity index (χ1) is 8.27. The number of rotatable bonds is 8. The van der Waals surface area contributed by atoms with Crippen LogP contribution in [0.5, 0.6) is 0 Å². The number of nitrogens with zero attached hydrogens (tertiary/aromatic N) is 1. The van der Waals surface area contributed by atoms with Crippen molar-refractivity contribution in [3.63, 3.8) is 0 Å². The van der Waals surface area contributed by atoms with Gasteiger partial charge in [-0.2, -0.15) is 0 Å². The van der Waals surface area contributed by atoms with Gasteiger partial charge in [-0.25, -0.2) is 0 Å². The Hall–Kier alpha value is -0.0800. The van der Waals surface area contributed by atoms with Crippen LogP contribution in [0.25, 0.3) is 0 Å². The number of hydrogen-bond donors (Lipinski definition) is 1. The van der Waals surface area contributed by atoms with Crippen molar-refractivity contribution in [1.29, 1.82) is 0 Å².